The van der Waals surface area contributed by atoms with Gasteiger partial charge in [0.25, 0.3) is 0 Å². The molecule has 0 radical (unpaired) electrons. The molecule has 3 aromatic carbocycles. The van der Waals surface area contributed by atoms with Gasteiger partial charge in [-0.15, -0.1) is 11.3 Å². The summed E-state index contributed by atoms with van der Waals surface area (Å²) in [5.41, 5.74) is 7.17. The molecule has 164 valence electrons. The standard InChI is InChI=1S/C28H29ClN2S/c1-18(2)23-11-8-12-24(19(3)4)27(23)31-26(21-9-6-5-7-10-21)28-30-25(17-32-28)20-13-15-22(29)16-14-20/h5-19,26,31H,1-4H3. The van der Waals surface area contributed by atoms with Gasteiger partial charge in [0.2, 0.25) is 0 Å². The number of rotatable bonds is 7. The number of thiazole rings is 1. The fraction of sp³-hybridized carbons (Fsp3) is 0.250. The van der Waals surface area contributed by atoms with Crippen LogP contribution in [0.15, 0.2) is 78.2 Å². The molecule has 4 rings (SSSR count). The van der Waals surface area contributed by atoms with Crippen LogP contribution in [-0.2, 0) is 0 Å². The molecule has 4 heteroatoms. The molecule has 0 amide bonds. The quantitative estimate of drug-likeness (QED) is 0.297. The van der Waals surface area contributed by atoms with E-state index < -0.39 is 0 Å². The van der Waals surface area contributed by atoms with Gasteiger partial charge in [-0.05, 0) is 40.7 Å². The zero-order chi connectivity index (χ0) is 22.7. The van der Waals surface area contributed by atoms with Crippen LogP contribution < -0.4 is 5.32 Å². The van der Waals surface area contributed by atoms with Crippen molar-refractivity contribution in [2.24, 2.45) is 0 Å². The summed E-state index contributed by atoms with van der Waals surface area (Å²) in [6, 6.07) is 25.1. The van der Waals surface area contributed by atoms with E-state index in [9.17, 15) is 0 Å². The highest BCUT2D eigenvalue weighted by Crippen LogP contribution is 2.38. The van der Waals surface area contributed by atoms with Crippen molar-refractivity contribution in [2.45, 2.75) is 45.6 Å². The molecule has 1 unspecified atom stereocenters. The summed E-state index contributed by atoms with van der Waals surface area (Å²) in [5, 5.41) is 7.83. The van der Waals surface area contributed by atoms with E-state index in [-0.39, 0.29) is 6.04 Å². The summed E-state index contributed by atoms with van der Waals surface area (Å²) in [6.45, 7) is 9.02. The Hall–Kier alpha value is -2.62. The number of aromatic nitrogens is 1. The number of para-hydroxylation sites is 1. The molecule has 0 saturated heterocycles. The van der Waals surface area contributed by atoms with Crippen LogP contribution in [0.3, 0.4) is 0 Å². The van der Waals surface area contributed by atoms with Gasteiger partial charge in [-0.25, -0.2) is 4.98 Å². The van der Waals surface area contributed by atoms with Gasteiger partial charge in [0, 0.05) is 21.7 Å². The SMILES string of the molecule is CC(C)c1cccc(C(C)C)c1NC(c1ccccc1)c1nc(-c2ccc(Cl)cc2)cs1. The van der Waals surface area contributed by atoms with Crippen molar-refractivity contribution in [3.63, 3.8) is 0 Å². The largest absolute Gasteiger partial charge is 0.372 e. The third-order valence-corrected chi connectivity index (χ3v) is 6.86. The van der Waals surface area contributed by atoms with Crippen LogP contribution in [0.25, 0.3) is 11.3 Å². The van der Waals surface area contributed by atoms with Gasteiger partial charge in [-0.2, -0.15) is 0 Å². The molecule has 32 heavy (non-hydrogen) atoms. The molecular weight excluding hydrogens is 432 g/mol. The van der Waals surface area contributed by atoms with Crippen LogP contribution in [0.2, 0.25) is 5.02 Å². The maximum Gasteiger partial charge on any atom is 0.120 e. The Morgan fingerprint density at radius 3 is 2.00 bits per heavy atom. The monoisotopic (exact) mass is 460 g/mol. The third-order valence-electron chi connectivity index (χ3n) is 5.70. The van der Waals surface area contributed by atoms with Gasteiger partial charge in [0.1, 0.15) is 11.0 Å². The van der Waals surface area contributed by atoms with Crippen molar-refractivity contribution in [3.05, 3.63) is 105 Å². The lowest BCUT2D eigenvalue weighted by Gasteiger charge is -2.26. The van der Waals surface area contributed by atoms with Crippen molar-refractivity contribution in [2.75, 3.05) is 5.32 Å². The maximum atomic E-state index is 6.08. The summed E-state index contributed by atoms with van der Waals surface area (Å²) in [7, 11) is 0. The Morgan fingerprint density at radius 2 is 1.41 bits per heavy atom. The van der Waals surface area contributed by atoms with E-state index in [1.807, 2.05) is 24.3 Å². The molecule has 4 aromatic rings. The number of anilines is 1. The fourth-order valence-corrected chi connectivity index (χ4v) is 5.00. The van der Waals surface area contributed by atoms with Crippen molar-refractivity contribution < 1.29 is 0 Å². The minimum absolute atomic E-state index is 0.0281. The molecule has 0 fully saturated rings. The number of hydrogen-bond donors (Lipinski definition) is 1. The van der Waals surface area contributed by atoms with Crippen LogP contribution in [0, 0.1) is 0 Å². The second-order valence-electron chi connectivity index (χ2n) is 8.69. The summed E-state index contributed by atoms with van der Waals surface area (Å²) < 4.78 is 0. The van der Waals surface area contributed by atoms with Gasteiger partial charge in [-0.3, -0.25) is 0 Å². The zero-order valence-corrected chi connectivity index (χ0v) is 20.5. The van der Waals surface area contributed by atoms with Crippen molar-refractivity contribution in [3.8, 4) is 11.3 Å². The Labute approximate surface area is 200 Å². The summed E-state index contributed by atoms with van der Waals surface area (Å²) in [4.78, 5) is 5.05. The smallest absolute Gasteiger partial charge is 0.120 e. The molecule has 0 aliphatic rings. The first-order chi connectivity index (χ1) is 15.4. The molecule has 1 aromatic heterocycles. The van der Waals surface area contributed by atoms with Gasteiger partial charge in [0.15, 0.2) is 0 Å². The van der Waals surface area contributed by atoms with Crippen molar-refractivity contribution in [1.82, 2.24) is 4.98 Å². The second kappa shape index (κ2) is 9.89. The number of hydrogen-bond acceptors (Lipinski definition) is 3. The molecule has 1 N–H and O–H groups in total. The predicted octanol–water partition coefficient (Wildman–Crippen LogP) is 8.91. The Balaban J connectivity index is 1.79. The number of benzene rings is 3. The molecular formula is C28H29ClN2S. The van der Waals surface area contributed by atoms with Crippen molar-refractivity contribution in [1.29, 1.82) is 0 Å². The Kier molecular flexibility index (Phi) is 6.98. The topological polar surface area (TPSA) is 24.9 Å². The lowest BCUT2D eigenvalue weighted by Crippen LogP contribution is -2.16. The van der Waals surface area contributed by atoms with Gasteiger partial charge in [-0.1, -0.05) is 100.0 Å². The summed E-state index contributed by atoms with van der Waals surface area (Å²) in [5.74, 6) is 0.849. The van der Waals surface area contributed by atoms with Crippen LogP contribution in [-0.4, -0.2) is 4.98 Å². The molecule has 0 saturated carbocycles. The lowest BCUT2D eigenvalue weighted by molar-refractivity contribution is 0.820. The minimum atomic E-state index is -0.0281. The van der Waals surface area contributed by atoms with Gasteiger partial charge in [0.05, 0.1) is 5.69 Å². The predicted molar refractivity (Wildman–Crippen MR) is 139 cm³/mol. The zero-order valence-electron chi connectivity index (χ0n) is 19.0. The fourth-order valence-electron chi connectivity index (χ4n) is 3.97. The number of nitrogens with one attached hydrogen (secondary N) is 1. The molecule has 0 aliphatic heterocycles. The minimum Gasteiger partial charge on any atom is -0.372 e. The van der Waals surface area contributed by atoms with Crippen LogP contribution in [0.4, 0.5) is 5.69 Å². The van der Waals surface area contributed by atoms with Crippen molar-refractivity contribution >= 4 is 28.6 Å². The first-order valence-electron chi connectivity index (χ1n) is 11.1. The molecule has 0 bridgehead atoms. The number of halogens is 1. The molecule has 2 nitrogen and oxygen atoms in total. The highest BCUT2D eigenvalue weighted by atomic mass is 35.5. The van der Waals surface area contributed by atoms with Crippen LogP contribution >= 0.6 is 22.9 Å². The third kappa shape index (κ3) is 4.90. The van der Waals surface area contributed by atoms with E-state index >= 15 is 0 Å². The Morgan fingerprint density at radius 1 is 0.781 bits per heavy atom. The van der Waals surface area contributed by atoms with Crippen LogP contribution in [0.1, 0.15) is 67.3 Å². The van der Waals surface area contributed by atoms with E-state index in [4.69, 9.17) is 16.6 Å². The van der Waals surface area contributed by atoms with Crippen LogP contribution in [0.5, 0.6) is 0 Å². The normalized spacial score (nSPS) is 12.3. The molecule has 0 aliphatic carbocycles. The van der Waals surface area contributed by atoms with Gasteiger partial charge >= 0.3 is 0 Å². The van der Waals surface area contributed by atoms with E-state index in [1.54, 1.807) is 11.3 Å². The molecule has 1 heterocycles. The highest BCUT2D eigenvalue weighted by molar-refractivity contribution is 7.10. The van der Waals surface area contributed by atoms with E-state index in [2.05, 4.69) is 86.9 Å². The van der Waals surface area contributed by atoms with E-state index in [0.717, 1.165) is 21.3 Å². The first kappa shape index (κ1) is 22.6. The number of nitrogens with zero attached hydrogens (tertiary/aromatic N) is 1. The average molecular weight is 461 g/mol. The highest BCUT2D eigenvalue weighted by Gasteiger charge is 2.22. The lowest BCUT2D eigenvalue weighted by atomic mass is 9.92. The van der Waals surface area contributed by atoms with E-state index in [0.29, 0.717) is 11.8 Å². The summed E-state index contributed by atoms with van der Waals surface area (Å²) in [6.07, 6.45) is 0. The molecule has 1 atom stereocenters. The maximum absolute atomic E-state index is 6.08. The van der Waals surface area contributed by atoms with E-state index in [1.165, 1.54) is 22.4 Å². The molecule has 0 spiro atoms. The van der Waals surface area contributed by atoms with Gasteiger partial charge < -0.3 is 5.32 Å². The summed E-state index contributed by atoms with van der Waals surface area (Å²) >= 11 is 7.77. The second-order valence-corrected chi connectivity index (χ2v) is 10.0. The Bertz CT molecular complexity index is 1140. The first-order valence-corrected chi connectivity index (χ1v) is 12.4. The average Bonchev–Trinajstić information content (AvgIpc) is 3.28.